The minimum absolute atomic E-state index is 0.0130. The van der Waals surface area contributed by atoms with Crippen LogP contribution in [0.1, 0.15) is 45.4 Å². The number of alkyl halides is 2. The van der Waals surface area contributed by atoms with Crippen molar-refractivity contribution in [3.8, 4) is 0 Å². The van der Waals surface area contributed by atoms with E-state index in [1.165, 1.54) is 25.7 Å². The minimum Gasteiger partial charge on any atom is -0.386 e. The molecule has 0 bridgehead atoms. The standard InChI is InChI=1S/C12H23F2NO/c1-2-9-4-3-5-10(7-6-9)15-8-11(16)12(13)14/h9-12,15-16H,2-8H2,1H3. The van der Waals surface area contributed by atoms with E-state index in [9.17, 15) is 8.78 Å². The van der Waals surface area contributed by atoms with Crippen LogP contribution >= 0.6 is 0 Å². The third-order valence-corrected chi connectivity index (χ3v) is 3.57. The summed E-state index contributed by atoms with van der Waals surface area (Å²) in [4.78, 5) is 0. The summed E-state index contributed by atoms with van der Waals surface area (Å²) in [5.74, 6) is 0.798. The maximum Gasteiger partial charge on any atom is 0.265 e. The minimum atomic E-state index is -2.64. The first-order valence-electron chi connectivity index (χ1n) is 6.33. The molecule has 0 aliphatic heterocycles. The van der Waals surface area contributed by atoms with E-state index < -0.39 is 12.5 Å². The number of aliphatic hydroxyl groups is 1. The van der Waals surface area contributed by atoms with Crippen LogP contribution in [0.2, 0.25) is 0 Å². The molecular formula is C12H23F2NO. The van der Waals surface area contributed by atoms with Gasteiger partial charge in [0, 0.05) is 12.6 Å². The second kappa shape index (κ2) is 7.17. The Balaban J connectivity index is 2.22. The maximum atomic E-state index is 12.1. The molecule has 4 heteroatoms. The van der Waals surface area contributed by atoms with Crippen LogP contribution in [0.3, 0.4) is 0 Å². The van der Waals surface area contributed by atoms with Gasteiger partial charge in [0.1, 0.15) is 6.10 Å². The molecule has 16 heavy (non-hydrogen) atoms. The first-order valence-corrected chi connectivity index (χ1v) is 6.33. The van der Waals surface area contributed by atoms with E-state index in [0.29, 0.717) is 6.04 Å². The zero-order chi connectivity index (χ0) is 12.0. The summed E-state index contributed by atoms with van der Waals surface area (Å²) in [5.41, 5.74) is 0. The lowest BCUT2D eigenvalue weighted by molar-refractivity contribution is -0.00483. The van der Waals surface area contributed by atoms with Crippen LogP contribution in [0.4, 0.5) is 8.78 Å². The van der Waals surface area contributed by atoms with Gasteiger partial charge >= 0.3 is 0 Å². The van der Waals surface area contributed by atoms with E-state index in [2.05, 4.69) is 12.2 Å². The molecule has 0 spiro atoms. The molecule has 1 fully saturated rings. The van der Waals surface area contributed by atoms with Crippen molar-refractivity contribution in [2.45, 2.75) is 64.0 Å². The van der Waals surface area contributed by atoms with Gasteiger partial charge in [0.15, 0.2) is 0 Å². The molecule has 3 atom stereocenters. The molecular weight excluding hydrogens is 212 g/mol. The predicted octanol–water partition coefficient (Wildman–Crippen LogP) is 2.56. The Kier molecular flexibility index (Phi) is 6.21. The van der Waals surface area contributed by atoms with E-state index >= 15 is 0 Å². The summed E-state index contributed by atoms with van der Waals surface area (Å²) in [6.45, 7) is 2.22. The van der Waals surface area contributed by atoms with Gasteiger partial charge < -0.3 is 10.4 Å². The van der Waals surface area contributed by atoms with E-state index in [1.54, 1.807) is 0 Å². The van der Waals surface area contributed by atoms with Crippen molar-refractivity contribution in [3.05, 3.63) is 0 Å². The molecule has 0 aromatic carbocycles. The Morgan fingerprint density at radius 2 is 2.00 bits per heavy atom. The van der Waals surface area contributed by atoms with Crippen molar-refractivity contribution < 1.29 is 13.9 Å². The fourth-order valence-electron chi connectivity index (χ4n) is 2.37. The van der Waals surface area contributed by atoms with E-state index in [-0.39, 0.29) is 6.54 Å². The van der Waals surface area contributed by atoms with Crippen LogP contribution in [-0.2, 0) is 0 Å². The Labute approximate surface area is 96.4 Å². The summed E-state index contributed by atoms with van der Waals surface area (Å²) in [5, 5.41) is 12.1. The highest BCUT2D eigenvalue weighted by Gasteiger charge is 2.21. The molecule has 0 amide bonds. The van der Waals surface area contributed by atoms with E-state index in [4.69, 9.17) is 5.11 Å². The second-order valence-corrected chi connectivity index (χ2v) is 4.79. The van der Waals surface area contributed by atoms with Crippen LogP contribution in [0.15, 0.2) is 0 Å². The Morgan fingerprint density at radius 1 is 1.25 bits per heavy atom. The summed E-state index contributed by atoms with van der Waals surface area (Å²) in [6.07, 6.45) is 2.76. The first kappa shape index (κ1) is 13.8. The van der Waals surface area contributed by atoms with Gasteiger partial charge in [-0.2, -0.15) is 0 Å². The van der Waals surface area contributed by atoms with Crippen LogP contribution in [0.5, 0.6) is 0 Å². The van der Waals surface area contributed by atoms with E-state index in [0.717, 1.165) is 18.8 Å². The summed E-state index contributed by atoms with van der Waals surface area (Å²) < 4.78 is 24.2. The van der Waals surface area contributed by atoms with Gasteiger partial charge in [-0.1, -0.05) is 26.2 Å². The fourth-order valence-corrected chi connectivity index (χ4v) is 2.37. The Hall–Kier alpha value is -0.220. The SMILES string of the molecule is CCC1CCCC(NCC(O)C(F)F)CC1. The number of rotatable bonds is 5. The average molecular weight is 235 g/mol. The Bertz CT molecular complexity index is 190. The van der Waals surface area contributed by atoms with Crippen LogP contribution in [0, 0.1) is 5.92 Å². The molecule has 96 valence electrons. The van der Waals surface area contributed by atoms with Gasteiger partial charge in [-0.15, -0.1) is 0 Å². The lowest BCUT2D eigenvalue weighted by Crippen LogP contribution is -2.38. The van der Waals surface area contributed by atoms with Crippen LogP contribution < -0.4 is 5.32 Å². The Morgan fingerprint density at radius 3 is 2.62 bits per heavy atom. The smallest absolute Gasteiger partial charge is 0.265 e. The maximum absolute atomic E-state index is 12.1. The lowest BCUT2D eigenvalue weighted by Gasteiger charge is -2.18. The topological polar surface area (TPSA) is 32.3 Å². The number of nitrogens with one attached hydrogen (secondary N) is 1. The van der Waals surface area contributed by atoms with Crippen molar-refractivity contribution >= 4 is 0 Å². The molecule has 1 saturated carbocycles. The highest BCUT2D eigenvalue weighted by Crippen LogP contribution is 2.25. The molecule has 0 aromatic rings. The highest BCUT2D eigenvalue weighted by molar-refractivity contribution is 4.76. The van der Waals surface area contributed by atoms with Crippen LogP contribution in [-0.4, -0.2) is 30.2 Å². The quantitative estimate of drug-likeness (QED) is 0.718. The molecule has 3 unspecified atom stereocenters. The first-order chi connectivity index (χ1) is 7.63. The third kappa shape index (κ3) is 4.74. The monoisotopic (exact) mass is 235 g/mol. The highest BCUT2D eigenvalue weighted by atomic mass is 19.3. The largest absolute Gasteiger partial charge is 0.386 e. The average Bonchev–Trinajstić information content (AvgIpc) is 2.50. The van der Waals surface area contributed by atoms with Gasteiger partial charge in [0.25, 0.3) is 6.43 Å². The van der Waals surface area contributed by atoms with Gasteiger partial charge in [-0.3, -0.25) is 0 Å². The van der Waals surface area contributed by atoms with Crippen molar-refractivity contribution in [2.75, 3.05) is 6.54 Å². The van der Waals surface area contributed by atoms with E-state index in [1.807, 2.05) is 0 Å². The lowest BCUT2D eigenvalue weighted by atomic mass is 9.98. The number of hydrogen-bond donors (Lipinski definition) is 2. The predicted molar refractivity (Wildman–Crippen MR) is 60.7 cm³/mol. The molecule has 0 saturated heterocycles. The normalized spacial score (nSPS) is 29.1. The van der Waals surface area contributed by atoms with Crippen molar-refractivity contribution in [1.29, 1.82) is 0 Å². The van der Waals surface area contributed by atoms with Gasteiger partial charge in [-0.25, -0.2) is 8.78 Å². The summed E-state index contributed by atoms with van der Waals surface area (Å²) >= 11 is 0. The summed E-state index contributed by atoms with van der Waals surface area (Å²) in [6, 6.07) is 0.310. The van der Waals surface area contributed by atoms with Crippen molar-refractivity contribution in [2.24, 2.45) is 5.92 Å². The van der Waals surface area contributed by atoms with Crippen molar-refractivity contribution in [3.63, 3.8) is 0 Å². The number of hydrogen-bond acceptors (Lipinski definition) is 2. The zero-order valence-corrected chi connectivity index (χ0v) is 9.96. The van der Waals surface area contributed by atoms with Gasteiger partial charge in [0.05, 0.1) is 0 Å². The van der Waals surface area contributed by atoms with Gasteiger partial charge in [0.2, 0.25) is 0 Å². The van der Waals surface area contributed by atoms with Gasteiger partial charge in [-0.05, 0) is 25.2 Å². The molecule has 1 aliphatic carbocycles. The zero-order valence-electron chi connectivity index (χ0n) is 9.96. The molecule has 0 radical (unpaired) electrons. The molecule has 0 heterocycles. The molecule has 2 N–H and O–H groups in total. The third-order valence-electron chi connectivity index (χ3n) is 3.57. The van der Waals surface area contributed by atoms with Crippen LogP contribution in [0.25, 0.3) is 0 Å². The summed E-state index contributed by atoms with van der Waals surface area (Å²) in [7, 11) is 0. The molecule has 1 rings (SSSR count). The molecule has 1 aliphatic rings. The molecule has 2 nitrogen and oxygen atoms in total. The number of halogens is 2. The number of aliphatic hydroxyl groups excluding tert-OH is 1. The second-order valence-electron chi connectivity index (χ2n) is 4.79. The molecule has 0 aromatic heterocycles. The van der Waals surface area contributed by atoms with Crippen molar-refractivity contribution in [1.82, 2.24) is 5.32 Å². The fraction of sp³-hybridized carbons (Fsp3) is 1.00.